The number of rotatable bonds is 10. The maximum Gasteiger partial charge on any atom is 0.0476 e. The molecule has 1 N–H and O–H groups in total. The SMILES string of the molecule is CCCC(CCCl)CNC(C)CCOC. The van der Waals surface area contributed by atoms with Crippen LogP contribution in [0.5, 0.6) is 0 Å². The Bertz CT molecular complexity index is 127. The number of nitrogens with one attached hydrogen (secondary N) is 1. The van der Waals surface area contributed by atoms with Gasteiger partial charge in [0.15, 0.2) is 0 Å². The second kappa shape index (κ2) is 10.7. The lowest BCUT2D eigenvalue weighted by molar-refractivity contribution is 0.183. The molecule has 0 fully saturated rings. The summed E-state index contributed by atoms with van der Waals surface area (Å²) in [5.74, 6) is 1.51. The van der Waals surface area contributed by atoms with Gasteiger partial charge in [0.1, 0.15) is 0 Å². The van der Waals surface area contributed by atoms with Gasteiger partial charge in [0.05, 0.1) is 0 Å². The monoisotopic (exact) mass is 235 g/mol. The van der Waals surface area contributed by atoms with Crippen LogP contribution in [-0.2, 0) is 4.74 Å². The molecule has 0 amide bonds. The average Bonchev–Trinajstić information content (AvgIpc) is 2.23. The van der Waals surface area contributed by atoms with E-state index in [2.05, 4.69) is 19.2 Å². The van der Waals surface area contributed by atoms with Crippen molar-refractivity contribution in [3.05, 3.63) is 0 Å². The Morgan fingerprint density at radius 2 is 2.00 bits per heavy atom. The molecule has 15 heavy (non-hydrogen) atoms. The van der Waals surface area contributed by atoms with Crippen molar-refractivity contribution in [3.8, 4) is 0 Å². The molecule has 0 saturated carbocycles. The molecule has 2 atom stereocenters. The van der Waals surface area contributed by atoms with Gasteiger partial charge in [-0.15, -0.1) is 11.6 Å². The Morgan fingerprint density at radius 3 is 2.53 bits per heavy atom. The maximum atomic E-state index is 5.78. The minimum absolute atomic E-state index is 0.541. The Kier molecular flexibility index (Phi) is 10.9. The summed E-state index contributed by atoms with van der Waals surface area (Å²) in [4.78, 5) is 0. The fourth-order valence-electron chi connectivity index (χ4n) is 1.68. The molecule has 92 valence electrons. The fraction of sp³-hybridized carbons (Fsp3) is 1.00. The molecule has 3 heteroatoms. The van der Waals surface area contributed by atoms with Gasteiger partial charge in [-0.3, -0.25) is 0 Å². The molecule has 0 aliphatic rings. The molecular formula is C12H26ClNO. The first-order valence-corrected chi connectivity index (χ1v) is 6.56. The zero-order valence-electron chi connectivity index (χ0n) is 10.4. The molecule has 0 aliphatic carbocycles. The average molecular weight is 236 g/mol. The van der Waals surface area contributed by atoms with Crippen LogP contribution in [-0.4, -0.2) is 32.2 Å². The molecule has 0 aromatic carbocycles. The highest BCUT2D eigenvalue weighted by atomic mass is 35.5. The first-order valence-electron chi connectivity index (χ1n) is 6.02. The van der Waals surface area contributed by atoms with Crippen molar-refractivity contribution in [3.63, 3.8) is 0 Å². The molecule has 0 radical (unpaired) electrons. The predicted octanol–water partition coefficient (Wildman–Crippen LogP) is 3.05. The number of alkyl halides is 1. The minimum Gasteiger partial charge on any atom is -0.385 e. The van der Waals surface area contributed by atoms with E-state index in [-0.39, 0.29) is 0 Å². The van der Waals surface area contributed by atoms with E-state index in [0.717, 1.165) is 37.8 Å². The number of halogens is 1. The third kappa shape index (κ3) is 9.16. The van der Waals surface area contributed by atoms with Crippen molar-refractivity contribution in [1.82, 2.24) is 5.32 Å². The van der Waals surface area contributed by atoms with Gasteiger partial charge in [-0.25, -0.2) is 0 Å². The standard InChI is InChI=1S/C12H26ClNO/c1-4-5-12(6-8-13)10-14-11(2)7-9-15-3/h11-12,14H,4-10H2,1-3H3. The minimum atomic E-state index is 0.541. The Morgan fingerprint density at radius 1 is 1.27 bits per heavy atom. The maximum absolute atomic E-state index is 5.78. The number of methoxy groups -OCH3 is 1. The van der Waals surface area contributed by atoms with Crippen LogP contribution in [0.3, 0.4) is 0 Å². The summed E-state index contributed by atoms with van der Waals surface area (Å²) in [5.41, 5.74) is 0. The number of hydrogen-bond donors (Lipinski definition) is 1. The molecule has 0 bridgehead atoms. The fourth-order valence-corrected chi connectivity index (χ4v) is 1.98. The molecule has 0 spiro atoms. The zero-order chi connectivity index (χ0) is 11.5. The summed E-state index contributed by atoms with van der Waals surface area (Å²) < 4.78 is 5.05. The summed E-state index contributed by atoms with van der Waals surface area (Å²) in [6.07, 6.45) is 4.72. The van der Waals surface area contributed by atoms with Crippen LogP contribution in [0.4, 0.5) is 0 Å². The van der Waals surface area contributed by atoms with E-state index in [1.54, 1.807) is 7.11 Å². The number of ether oxygens (including phenoxy) is 1. The second-order valence-electron chi connectivity index (χ2n) is 4.22. The van der Waals surface area contributed by atoms with Crippen molar-refractivity contribution in [2.75, 3.05) is 26.1 Å². The highest BCUT2D eigenvalue weighted by molar-refractivity contribution is 6.17. The van der Waals surface area contributed by atoms with E-state index in [1.165, 1.54) is 12.8 Å². The van der Waals surface area contributed by atoms with E-state index >= 15 is 0 Å². The summed E-state index contributed by atoms with van der Waals surface area (Å²) in [5, 5.41) is 3.55. The van der Waals surface area contributed by atoms with Crippen molar-refractivity contribution < 1.29 is 4.74 Å². The number of hydrogen-bond acceptors (Lipinski definition) is 2. The predicted molar refractivity (Wildman–Crippen MR) is 67.7 cm³/mol. The lowest BCUT2D eigenvalue weighted by atomic mass is 10.0. The third-order valence-corrected chi connectivity index (χ3v) is 2.94. The molecular weight excluding hydrogens is 210 g/mol. The summed E-state index contributed by atoms with van der Waals surface area (Å²) >= 11 is 5.78. The van der Waals surface area contributed by atoms with Crippen LogP contribution >= 0.6 is 11.6 Å². The van der Waals surface area contributed by atoms with Crippen LogP contribution in [0.2, 0.25) is 0 Å². The van der Waals surface area contributed by atoms with E-state index < -0.39 is 0 Å². The van der Waals surface area contributed by atoms with Crippen molar-refractivity contribution >= 4 is 11.6 Å². The molecule has 0 heterocycles. The van der Waals surface area contributed by atoms with Gasteiger partial charge in [0, 0.05) is 25.6 Å². The van der Waals surface area contributed by atoms with Crippen LogP contribution in [0.25, 0.3) is 0 Å². The van der Waals surface area contributed by atoms with Gasteiger partial charge in [-0.05, 0) is 38.6 Å². The van der Waals surface area contributed by atoms with Crippen LogP contribution < -0.4 is 5.32 Å². The van der Waals surface area contributed by atoms with Crippen molar-refractivity contribution in [2.24, 2.45) is 5.92 Å². The zero-order valence-corrected chi connectivity index (χ0v) is 11.1. The van der Waals surface area contributed by atoms with Gasteiger partial charge in [-0.2, -0.15) is 0 Å². The first-order chi connectivity index (χ1) is 7.24. The van der Waals surface area contributed by atoms with Crippen molar-refractivity contribution in [1.29, 1.82) is 0 Å². The molecule has 0 saturated heterocycles. The third-order valence-electron chi connectivity index (χ3n) is 2.72. The Labute approximate surface area is 99.7 Å². The van der Waals surface area contributed by atoms with Crippen LogP contribution in [0.1, 0.15) is 39.5 Å². The van der Waals surface area contributed by atoms with Gasteiger partial charge in [0.25, 0.3) is 0 Å². The molecule has 0 aliphatic heterocycles. The smallest absolute Gasteiger partial charge is 0.0476 e. The van der Waals surface area contributed by atoms with E-state index in [4.69, 9.17) is 16.3 Å². The van der Waals surface area contributed by atoms with Gasteiger partial charge < -0.3 is 10.1 Å². The quantitative estimate of drug-likeness (QED) is 0.588. The molecule has 0 rings (SSSR count). The molecule has 2 unspecified atom stereocenters. The Balaban J connectivity index is 3.57. The lowest BCUT2D eigenvalue weighted by Crippen LogP contribution is -2.32. The highest BCUT2D eigenvalue weighted by Crippen LogP contribution is 2.11. The lowest BCUT2D eigenvalue weighted by Gasteiger charge is -2.19. The Hall–Kier alpha value is 0.210. The largest absolute Gasteiger partial charge is 0.385 e. The topological polar surface area (TPSA) is 21.3 Å². The molecule has 0 aromatic rings. The van der Waals surface area contributed by atoms with Crippen LogP contribution in [0, 0.1) is 5.92 Å². The van der Waals surface area contributed by atoms with E-state index in [0.29, 0.717) is 6.04 Å². The summed E-state index contributed by atoms with van der Waals surface area (Å²) in [6.45, 7) is 6.37. The summed E-state index contributed by atoms with van der Waals surface area (Å²) in [6, 6.07) is 0.541. The molecule has 2 nitrogen and oxygen atoms in total. The van der Waals surface area contributed by atoms with E-state index in [9.17, 15) is 0 Å². The van der Waals surface area contributed by atoms with Crippen LogP contribution in [0.15, 0.2) is 0 Å². The second-order valence-corrected chi connectivity index (χ2v) is 4.60. The van der Waals surface area contributed by atoms with Gasteiger partial charge >= 0.3 is 0 Å². The van der Waals surface area contributed by atoms with Gasteiger partial charge in [-0.1, -0.05) is 13.3 Å². The van der Waals surface area contributed by atoms with Crippen molar-refractivity contribution in [2.45, 2.75) is 45.6 Å². The van der Waals surface area contributed by atoms with Gasteiger partial charge in [0.2, 0.25) is 0 Å². The van der Waals surface area contributed by atoms with E-state index in [1.807, 2.05) is 0 Å². The highest BCUT2D eigenvalue weighted by Gasteiger charge is 2.08. The first kappa shape index (κ1) is 15.2. The normalized spacial score (nSPS) is 15.2. The summed E-state index contributed by atoms with van der Waals surface area (Å²) in [7, 11) is 1.75. The molecule has 0 aromatic heterocycles.